The van der Waals surface area contributed by atoms with Crippen LogP contribution >= 0.6 is 0 Å². The lowest BCUT2D eigenvalue weighted by atomic mass is 10.3. The summed E-state index contributed by atoms with van der Waals surface area (Å²) in [5.74, 6) is -0.109. The van der Waals surface area contributed by atoms with E-state index in [9.17, 15) is 4.79 Å². The van der Waals surface area contributed by atoms with Crippen molar-refractivity contribution in [1.82, 2.24) is 15.1 Å². The van der Waals surface area contributed by atoms with Gasteiger partial charge in [-0.05, 0) is 26.8 Å². The molecule has 0 atom stereocenters. The lowest BCUT2D eigenvalue weighted by molar-refractivity contribution is 0.0937. The third-order valence-electron chi connectivity index (χ3n) is 1.62. The number of aromatic nitrogens is 2. The molecule has 13 heavy (non-hydrogen) atoms. The van der Waals surface area contributed by atoms with E-state index in [-0.39, 0.29) is 11.9 Å². The summed E-state index contributed by atoms with van der Waals surface area (Å²) in [6.45, 7) is 6.62. The van der Waals surface area contributed by atoms with Crippen molar-refractivity contribution in [3.05, 3.63) is 18.0 Å². The molecule has 0 bridgehead atoms. The van der Waals surface area contributed by atoms with Crippen molar-refractivity contribution in [2.24, 2.45) is 0 Å². The molecule has 0 saturated heterocycles. The van der Waals surface area contributed by atoms with Crippen LogP contribution in [0.2, 0.25) is 0 Å². The highest BCUT2D eigenvalue weighted by molar-refractivity contribution is 5.92. The summed E-state index contributed by atoms with van der Waals surface area (Å²) < 4.78 is 1.73. The zero-order valence-electron chi connectivity index (χ0n) is 8.24. The minimum atomic E-state index is -0.109. The first-order valence-electron chi connectivity index (χ1n) is 4.47. The summed E-state index contributed by atoms with van der Waals surface area (Å²) in [4.78, 5) is 11.4. The maximum Gasteiger partial charge on any atom is 0.271 e. The number of amides is 1. The number of hydrogen-bond acceptors (Lipinski definition) is 2. The van der Waals surface area contributed by atoms with E-state index in [1.54, 1.807) is 16.9 Å². The highest BCUT2D eigenvalue weighted by Crippen LogP contribution is 1.96. The van der Waals surface area contributed by atoms with Crippen LogP contribution in [0.5, 0.6) is 0 Å². The molecule has 1 amide bonds. The van der Waals surface area contributed by atoms with Crippen LogP contribution < -0.4 is 5.32 Å². The Morgan fingerprint density at radius 3 is 2.85 bits per heavy atom. The Hall–Kier alpha value is -1.32. The molecule has 0 aliphatic carbocycles. The number of nitrogens with zero attached hydrogens (tertiary/aromatic N) is 2. The number of carbonyl (C=O) groups excluding carboxylic acids is 1. The van der Waals surface area contributed by atoms with Gasteiger partial charge in [0.2, 0.25) is 0 Å². The molecule has 1 heterocycles. The van der Waals surface area contributed by atoms with Crippen LogP contribution in [0.1, 0.15) is 31.3 Å². The van der Waals surface area contributed by atoms with Gasteiger partial charge in [-0.25, -0.2) is 0 Å². The van der Waals surface area contributed by atoms with E-state index in [0.717, 1.165) is 6.54 Å². The number of rotatable bonds is 3. The number of aryl methyl sites for hydroxylation is 1. The Balaban J connectivity index is 2.66. The van der Waals surface area contributed by atoms with Gasteiger partial charge in [0.25, 0.3) is 5.91 Å². The molecule has 1 rings (SSSR count). The lowest BCUT2D eigenvalue weighted by Crippen LogP contribution is -2.30. The molecule has 0 fully saturated rings. The van der Waals surface area contributed by atoms with Gasteiger partial charge in [0, 0.05) is 18.8 Å². The van der Waals surface area contributed by atoms with Crippen LogP contribution in [0.25, 0.3) is 0 Å². The van der Waals surface area contributed by atoms with Crippen LogP contribution in [0.15, 0.2) is 12.3 Å². The molecular weight excluding hydrogens is 166 g/mol. The second-order valence-electron chi connectivity index (χ2n) is 3.18. The molecule has 4 nitrogen and oxygen atoms in total. The minimum absolute atomic E-state index is 0.109. The number of hydrogen-bond donors (Lipinski definition) is 1. The molecule has 72 valence electrons. The standard InChI is InChI=1S/C9H15N3O/c1-4-12-6-5-8(11-12)9(13)10-7(2)3/h5-7H,4H2,1-3H3,(H,10,13). The van der Waals surface area contributed by atoms with Gasteiger partial charge in [0.1, 0.15) is 5.69 Å². The van der Waals surface area contributed by atoms with Crippen LogP contribution in [0, 0.1) is 0 Å². The van der Waals surface area contributed by atoms with Crippen molar-refractivity contribution in [2.45, 2.75) is 33.4 Å². The van der Waals surface area contributed by atoms with Gasteiger partial charge in [-0.15, -0.1) is 0 Å². The zero-order valence-corrected chi connectivity index (χ0v) is 8.24. The average molecular weight is 181 g/mol. The molecule has 0 spiro atoms. The summed E-state index contributed by atoms with van der Waals surface area (Å²) in [6.07, 6.45) is 1.80. The quantitative estimate of drug-likeness (QED) is 0.757. The van der Waals surface area contributed by atoms with E-state index >= 15 is 0 Å². The predicted molar refractivity (Wildman–Crippen MR) is 50.5 cm³/mol. The largest absolute Gasteiger partial charge is 0.348 e. The van der Waals surface area contributed by atoms with Crippen molar-refractivity contribution >= 4 is 5.91 Å². The van der Waals surface area contributed by atoms with Crippen LogP contribution in [0.3, 0.4) is 0 Å². The summed E-state index contributed by atoms with van der Waals surface area (Å²) >= 11 is 0. The summed E-state index contributed by atoms with van der Waals surface area (Å²) in [6, 6.07) is 1.88. The second kappa shape index (κ2) is 4.07. The molecule has 0 unspecified atom stereocenters. The van der Waals surface area contributed by atoms with E-state index in [1.807, 2.05) is 20.8 Å². The highest BCUT2D eigenvalue weighted by atomic mass is 16.2. The van der Waals surface area contributed by atoms with Crippen molar-refractivity contribution in [2.75, 3.05) is 0 Å². The third-order valence-corrected chi connectivity index (χ3v) is 1.62. The van der Waals surface area contributed by atoms with E-state index in [0.29, 0.717) is 5.69 Å². The Kier molecular flexibility index (Phi) is 3.06. The van der Waals surface area contributed by atoms with Crippen molar-refractivity contribution in [1.29, 1.82) is 0 Å². The van der Waals surface area contributed by atoms with Crippen molar-refractivity contribution in [3.63, 3.8) is 0 Å². The van der Waals surface area contributed by atoms with Gasteiger partial charge in [-0.3, -0.25) is 9.48 Å². The molecule has 4 heteroatoms. The highest BCUT2D eigenvalue weighted by Gasteiger charge is 2.09. The molecule has 0 aromatic carbocycles. The van der Waals surface area contributed by atoms with Gasteiger partial charge in [0.05, 0.1) is 0 Å². The predicted octanol–water partition coefficient (Wildman–Crippen LogP) is 1.04. The molecule has 1 aromatic heterocycles. The topological polar surface area (TPSA) is 46.9 Å². The van der Waals surface area contributed by atoms with E-state index < -0.39 is 0 Å². The van der Waals surface area contributed by atoms with Gasteiger partial charge in [0.15, 0.2) is 0 Å². The smallest absolute Gasteiger partial charge is 0.271 e. The van der Waals surface area contributed by atoms with E-state index in [1.165, 1.54) is 0 Å². The van der Waals surface area contributed by atoms with Crippen LogP contribution in [0.4, 0.5) is 0 Å². The van der Waals surface area contributed by atoms with Crippen molar-refractivity contribution < 1.29 is 4.79 Å². The molecule has 1 aromatic rings. The summed E-state index contributed by atoms with van der Waals surface area (Å²) in [5, 5.41) is 6.87. The molecule has 0 radical (unpaired) electrons. The molecular formula is C9H15N3O. The fourth-order valence-electron chi connectivity index (χ4n) is 0.995. The second-order valence-corrected chi connectivity index (χ2v) is 3.18. The zero-order chi connectivity index (χ0) is 9.84. The SMILES string of the molecule is CCn1ccc(C(=O)NC(C)C)n1. The normalized spacial score (nSPS) is 10.5. The van der Waals surface area contributed by atoms with Gasteiger partial charge >= 0.3 is 0 Å². The van der Waals surface area contributed by atoms with Gasteiger partial charge < -0.3 is 5.32 Å². The van der Waals surface area contributed by atoms with E-state index in [2.05, 4.69) is 10.4 Å². The number of carbonyl (C=O) groups is 1. The first-order valence-corrected chi connectivity index (χ1v) is 4.47. The maximum atomic E-state index is 11.4. The van der Waals surface area contributed by atoms with Gasteiger partial charge in [-0.1, -0.05) is 0 Å². The third kappa shape index (κ3) is 2.57. The number of nitrogens with one attached hydrogen (secondary N) is 1. The summed E-state index contributed by atoms with van der Waals surface area (Å²) in [7, 11) is 0. The minimum Gasteiger partial charge on any atom is -0.348 e. The monoisotopic (exact) mass is 181 g/mol. The Bertz CT molecular complexity index is 291. The molecule has 0 saturated carbocycles. The first kappa shape index (κ1) is 9.77. The van der Waals surface area contributed by atoms with Crippen LogP contribution in [-0.2, 0) is 6.54 Å². The molecule has 0 aliphatic heterocycles. The van der Waals surface area contributed by atoms with Gasteiger partial charge in [-0.2, -0.15) is 5.10 Å². The summed E-state index contributed by atoms with van der Waals surface area (Å²) in [5.41, 5.74) is 0.482. The Labute approximate surface area is 77.9 Å². The van der Waals surface area contributed by atoms with Crippen molar-refractivity contribution in [3.8, 4) is 0 Å². The fraction of sp³-hybridized carbons (Fsp3) is 0.556. The molecule has 1 N–H and O–H groups in total. The fourth-order valence-corrected chi connectivity index (χ4v) is 0.995. The lowest BCUT2D eigenvalue weighted by Gasteiger charge is -2.05. The molecule has 0 aliphatic rings. The maximum absolute atomic E-state index is 11.4. The Morgan fingerprint density at radius 1 is 1.69 bits per heavy atom. The average Bonchev–Trinajstić information content (AvgIpc) is 2.50. The first-order chi connectivity index (χ1) is 6.13. The van der Waals surface area contributed by atoms with Crippen LogP contribution in [-0.4, -0.2) is 21.7 Å². The Morgan fingerprint density at radius 2 is 2.38 bits per heavy atom. The van der Waals surface area contributed by atoms with E-state index in [4.69, 9.17) is 0 Å².